The number of nitrogens with zero attached hydrogens (tertiary/aromatic N) is 4. The molecule has 0 spiro atoms. The zero-order valence-electron chi connectivity index (χ0n) is 22.7. The summed E-state index contributed by atoms with van der Waals surface area (Å²) in [5.74, 6) is -2.13. The number of hydrogen-bond acceptors (Lipinski definition) is 9. The number of aliphatic hydroxyl groups is 1. The molecule has 13 heteroatoms. The van der Waals surface area contributed by atoms with Gasteiger partial charge < -0.3 is 25.2 Å². The van der Waals surface area contributed by atoms with E-state index < -0.39 is 24.2 Å². The molecule has 39 heavy (non-hydrogen) atoms. The fourth-order valence-corrected chi connectivity index (χ4v) is 5.43. The molecule has 1 aliphatic heterocycles. The highest BCUT2D eigenvalue weighted by Crippen LogP contribution is 2.38. The van der Waals surface area contributed by atoms with Crippen molar-refractivity contribution in [3.05, 3.63) is 29.6 Å². The van der Waals surface area contributed by atoms with Crippen LogP contribution in [0.25, 0.3) is 0 Å². The monoisotopic (exact) mass is 573 g/mol. The largest absolute Gasteiger partial charge is 0.481 e. The Hall–Kier alpha value is -2.48. The summed E-state index contributed by atoms with van der Waals surface area (Å²) < 4.78 is 48.0. The minimum Gasteiger partial charge on any atom is -0.481 e. The molecule has 1 saturated heterocycles. The van der Waals surface area contributed by atoms with E-state index in [0.29, 0.717) is 55.8 Å². The minimum atomic E-state index is -4.65. The highest BCUT2D eigenvalue weighted by molar-refractivity contribution is 7.09. The molecule has 0 amide bonds. The molecule has 1 aromatic carbocycles. The van der Waals surface area contributed by atoms with E-state index in [1.165, 1.54) is 0 Å². The van der Waals surface area contributed by atoms with Gasteiger partial charge in [-0.05, 0) is 42.4 Å². The van der Waals surface area contributed by atoms with Crippen molar-refractivity contribution in [3.8, 4) is 0 Å². The van der Waals surface area contributed by atoms with Crippen LogP contribution >= 0.6 is 11.5 Å². The molecule has 1 unspecified atom stereocenters. The van der Waals surface area contributed by atoms with Crippen molar-refractivity contribution < 1.29 is 32.9 Å². The molecule has 2 heterocycles. The van der Waals surface area contributed by atoms with Crippen LogP contribution in [0.1, 0.15) is 63.8 Å². The van der Waals surface area contributed by atoms with Crippen molar-refractivity contribution in [2.24, 2.45) is 5.92 Å². The van der Waals surface area contributed by atoms with Gasteiger partial charge in [-0.25, -0.2) is 0 Å². The Balaban J connectivity index is 1.92. The zero-order valence-corrected chi connectivity index (χ0v) is 23.6. The summed E-state index contributed by atoms with van der Waals surface area (Å²) in [6, 6.07) is 5.73. The highest BCUT2D eigenvalue weighted by atomic mass is 32.1. The third-order valence-corrected chi connectivity index (χ3v) is 7.43. The standard InChI is InChI=1S/C26H38F3N5O4S/c1-16(2)15-34(19-7-10-33(11-8-19)22(35)9-12-38-4)21-6-5-18(17(3)13-23(36)37)14-20(21)30-25-31-24(32-39-25)26(27,28)29/h5-6,14,16-17,19,22,35H,7-13,15H2,1-4H3,(H,36,37)(H,30,31,32)/t17-,22?/m1/s1. The zero-order chi connectivity index (χ0) is 28.7. The first kappa shape index (κ1) is 31.1. The van der Waals surface area contributed by atoms with Gasteiger partial charge in [-0.1, -0.05) is 26.8 Å². The number of aliphatic hydroxyl groups excluding tert-OH is 1. The predicted molar refractivity (Wildman–Crippen MR) is 145 cm³/mol. The van der Waals surface area contributed by atoms with E-state index in [-0.39, 0.29) is 23.5 Å². The Morgan fingerprint density at radius 2 is 1.97 bits per heavy atom. The van der Waals surface area contributed by atoms with E-state index in [2.05, 4.69) is 33.4 Å². The fourth-order valence-electron chi connectivity index (χ4n) is 4.83. The number of aromatic nitrogens is 2. The first-order valence-electron chi connectivity index (χ1n) is 13.1. The van der Waals surface area contributed by atoms with Crippen LogP contribution in [0.15, 0.2) is 18.2 Å². The number of ether oxygens (including phenoxy) is 1. The second-order valence-electron chi connectivity index (χ2n) is 10.4. The van der Waals surface area contributed by atoms with E-state index >= 15 is 0 Å². The number of methoxy groups -OCH3 is 1. The number of nitrogens with one attached hydrogen (secondary N) is 1. The van der Waals surface area contributed by atoms with Crippen molar-refractivity contribution in [1.29, 1.82) is 0 Å². The van der Waals surface area contributed by atoms with Gasteiger partial charge in [-0.2, -0.15) is 22.5 Å². The van der Waals surface area contributed by atoms with Crippen molar-refractivity contribution in [3.63, 3.8) is 0 Å². The summed E-state index contributed by atoms with van der Waals surface area (Å²) in [5.41, 5.74) is 2.11. The number of carboxylic acid groups (broad SMARTS) is 1. The van der Waals surface area contributed by atoms with Gasteiger partial charge in [0.05, 0.1) is 17.8 Å². The second-order valence-corrected chi connectivity index (χ2v) is 11.1. The third kappa shape index (κ3) is 8.75. The maximum Gasteiger partial charge on any atom is 0.452 e. The first-order valence-corrected chi connectivity index (χ1v) is 13.9. The summed E-state index contributed by atoms with van der Waals surface area (Å²) in [5, 5.41) is 22.8. The van der Waals surface area contributed by atoms with Crippen molar-refractivity contribution in [2.45, 2.75) is 70.8 Å². The molecule has 2 aromatic rings. The summed E-state index contributed by atoms with van der Waals surface area (Å²) in [6.07, 6.45) is -3.17. The maximum atomic E-state index is 13.1. The highest BCUT2D eigenvalue weighted by Gasteiger charge is 2.36. The molecule has 3 N–H and O–H groups in total. The maximum absolute atomic E-state index is 13.1. The van der Waals surface area contributed by atoms with Crippen molar-refractivity contribution in [1.82, 2.24) is 14.3 Å². The quantitative estimate of drug-likeness (QED) is 0.299. The van der Waals surface area contributed by atoms with Gasteiger partial charge >= 0.3 is 12.1 Å². The lowest BCUT2D eigenvalue weighted by molar-refractivity contribution is -0.144. The molecular weight excluding hydrogens is 535 g/mol. The SMILES string of the molecule is COCCC(O)N1CCC(N(CC(C)C)c2ccc([C@H](C)CC(=O)O)cc2Nc2nc(C(F)(F)F)ns2)CC1. The van der Waals surface area contributed by atoms with Crippen molar-refractivity contribution >= 4 is 34.0 Å². The summed E-state index contributed by atoms with van der Waals surface area (Å²) in [4.78, 5) is 19.3. The molecule has 3 rings (SSSR count). The Kier molecular flexibility index (Phi) is 10.9. The summed E-state index contributed by atoms with van der Waals surface area (Å²) in [6.45, 7) is 8.60. The number of halogens is 3. The molecule has 0 aliphatic carbocycles. The molecule has 0 bridgehead atoms. The lowest BCUT2D eigenvalue weighted by atomic mass is 9.95. The summed E-state index contributed by atoms with van der Waals surface area (Å²) in [7, 11) is 1.60. The van der Waals surface area contributed by atoms with Gasteiger partial charge in [0.15, 0.2) is 0 Å². The molecule has 0 radical (unpaired) electrons. The Morgan fingerprint density at radius 3 is 2.54 bits per heavy atom. The third-order valence-electron chi connectivity index (χ3n) is 6.80. The van der Waals surface area contributed by atoms with Crippen LogP contribution in [0.4, 0.5) is 29.7 Å². The van der Waals surface area contributed by atoms with Crippen LogP contribution in [-0.4, -0.2) is 76.1 Å². The number of anilines is 3. The van der Waals surface area contributed by atoms with Gasteiger partial charge in [0.2, 0.25) is 11.0 Å². The first-order chi connectivity index (χ1) is 18.4. The number of benzene rings is 1. The molecular formula is C26H38F3N5O4S. The molecule has 9 nitrogen and oxygen atoms in total. The van der Waals surface area contributed by atoms with Crippen LogP contribution in [0.2, 0.25) is 0 Å². The number of hydrogen-bond donors (Lipinski definition) is 3. The van der Waals surface area contributed by atoms with Crippen LogP contribution in [-0.2, 0) is 15.7 Å². The second kappa shape index (κ2) is 13.7. The van der Waals surface area contributed by atoms with Gasteiger partial charge in [-0.3, -0.25) is 9.69 Å². The van der Waals surface area contributed by atoms with Crippen LogP contribution in [0.5, 0.6) is 0 Å². The molecule has 2 atom stereocenters. The van der Waals surface area contributed by atoms with Gasteiger partial charge in [0, 0.05) is 57.3 Å². The molecule has 1 aliphatic rings. The number of piperidine rings is 1. The van der Waals surface area contributed by atoms with Crippen molar-refractivity contribution in [2.75, 3.05) is 43.6 Å². The molecule has 1 aromatic heterocycles. The topological polar surface area (TPSA) is 111 Å². The normalized spacial score (nSPS) is 16.8. The average Bonchev–Trinajstić information content (AvgIpc) is 3.35. The molecule has 218 valence electrons. The number of rotatable bonds is 13. The predicted octanol–water partition coefficient (Wildman–Crippen LogP) is 5.16. The Labute approximate surface area is 231 Å². The number of carbonyl (C=O) groups is 1. The average molecular weight is 574 g/mol. The molecule has 0 saturated carbocycles. The minimum absolute atomic E-state index is 0.00666. The fraction of sp³-hybridized carbons (Fsp3) is 0.654. The van der Waals surface area contributed by atoms with E-state index in [4.69, 9.17) is 4.74 Å². The lowest BCUT2D eigenvalue weighted by Gasteiger charge is -2.42. The smallest absolute Gasteiger partial charge is 0.452 e. The number of carboxylic acids is 1. The Bertz CT molecular complexity index is 1080. The van der Waals surface area contributed by atoms with Crippen LogP contribution in [0, 0.1) is 5.92 Å². The van der Waals surface area contributed by atoms with Gasteiger partial charge in [0.1, 0.15) is 6.23 Å². The lowest BCUT2D eigenvalue weighted by Crippen LogP contribution is -2.49. The Morgan fingerprint density at radius 1 is 1.28 bits per heavy atom. The van der Waals surface area contributed by atoms with E-state index in [0.717, 1.165) is 24.1 Å². The van der Waals surface area contributed by atoms with E-state index in [9.17, 15) is 28.2 Å². The van der Waals surface area contributed by atoms with Gasteiger partial charge in [-0.15, -0.1) is 0 Å². The number of likely N-dealkylation sites (tertiary alicyclic amines) is 1. The van der Waals surface area contributed by atoms with E-state index in [1.54, 1.807) is 20.1 Å². The summed E-state index contributed by atoms with van der Waals surface area (Å²) >= 11 is 0.626. The number of aliphatic carboxylic acids is 1. The van der Waals surface area contributed by atoms with E-state index in [1.807, 2.05) is 17.0 Å². The number of alkyl halides is 3. The van der Waals surface area contributed by atoms with Crippen LogP contribution < -0.4 is 10.2 Å². The van der Waals surface area contributed by atoms with Gasteiger partial charge in [0.25, 0.3) is 0 Å². The molecule has 1 fully saturated rings. The van der Waals surface area contributed by atoms with Crippen LogP contribution in [0.3, 0.4) is 0 Å².